The maximum absolute atomic E-state index is 12.2. The molecule has 1 amide bonds. The van der Waals surface area contributed by atoms with Gasteiger partial charge in [-0.3, -0.25) is 4.79 Å². The Hall–Kier alpha value is -0.570. The molecule has 0 aromatic carbocycles. The highest BCUT2D eigenvalue weighted by molar-refractivity contribution is 5.83. The Kier molecular flexibility index (Phi) is 4.58. The third kappa shape index (κ3) is 2.94. The zero-order valence-corrected chi connectivity index (χ0v) is 10.2. The minimum absolute atomic E-state index is 0.127. The first kappa shape index (κ1) is 12.5. The van der Waals surface area contributed by atoms with Crippen molar-refractivity contribution in [3.05, 3.63) is 0 Å². The molecule has 1 aliphatic rings. The van der Waals surface area contributed by atoms with Crippen LogP contribution in [0.5, 0.6) is 0 Å². The SMILES string of the molecule is CCCC1(C(=O)NC(C)CC)CCNC1. The van der Waals surface area contributed by atoms with Crippen molar-refractivity contribution in [2.75, 3.05) is 13.1 Å². The van der Waals surface area contributed by atoms with Gasteiger partial charge < -0.3 is 10.6 Å². The number of hydrogen-bond acceptors (Lipinski definition) is 2. The minimum atomic E-state index is -0.127. The fraction of sp³-hybridized carbons (Fsp3) is 0.917. The van der Waals surface area contributed by atoms with Gasteiger partial charge in [-0.25, -0.2) is 0 Å². The molecule has 15 heavy (non-hydrogen) atoms. The van der Waals surface area contributed by atoms with E-state index in [1.54, 1.807) is 0 Å². The first-order valence-electron chi connectivity index (χ1n) is 6.16. The molecule has 0 saturated carbocycles. The molecule has 1 heterocycles. The topological polar surface area (TPSA) is 41.1 Å². The zero-order chi connectivity index (χ0) is 11.3. The average molecular weight is 212 g/mol. The summed E-state index contributed by atoms with van der Waals surface area (Å²) in [5, 5.41) is 6.43. The molecular formula is C12H24N2O. The molecular weight excluding hydrogens is 188 g/mol. The van der Waals surface area contributed by atoms with Gasteiger partial charge in [0, 0.05) is 12.6 Å². The Balaban J connectivity index is 2.59. The lowest BCUT2D eigenvalue weighted by atomic mass is 9.81. The van der Waals surface area contributed by atoms with E-state index in [-0.39, 0.29) is 11.3 Å². The van der Waals surface area contributed by atoms with Crippen LogP contribution >= 0.6 is 0 Å². The molecule has 1 aliphatic heterocycles. The van der Waals surface area contributed by atoms with Gasteiger partial charge in [0.15, 0.2) is 0 Å². The molecule has 0 radical (unpaired) electrons. The largest absolute Gasteiger partial charge is 0.353 e. The van der Waals surface area contributed by atoms with Crippen molar-refractivity contribution in [3.63, 3.8) is 0 Å². The van der Waals surface area contributed by atoms with Crippen LogP contribution in [0.2, 0.25) is 0 Å². The van der Waals surface area contributed by atoms with E-state index in [4.69, 9.17) is 0 Å². The Morgan fingerprint density at radius 2 is 2.27 bits per heavy atom. The zero-order valence-electron chi connectivity index (χ0n) is 10.2. The van der Waals surface area contributed by atoms with E-state index in [2.05, 4.69) is 31.4 Å². The predicted octanol–water partition coefficient (Wildman–Crippen LogP) is 1.68. The molecule has 1 rings (SSSR count). The van der Waals surface area contributed by atoms with E-state index in [0.717, 1.165) is 38.8 Å². The van der Waals surface area contributed by atoms with Gasteiger partial charge in [0.2, 0.25) is 5.91 Å². The normalized spacial score (nSPS) is 27.7. The summed E-state index contributed by atoms with van der Waals surface area (Å²) in [7, 11) is 0. The van der Waals surface area contributed by atoms with Gasteiger partial charge in [-0.05, 0) is 32.7 Å². The molecule has 1 fully saturated rings. The Morgan fingerprint density at radius 1 is 1.53 bits per heavy atom. The van der Waals surface area contributed by atoms with Crippen LogP contribution in [0, 0.1) is 5.41 Å². The van der Waals surface area contributed by atoms with E-state index < -0.39 is 0 Å². The van der Waals surface area contributed by atoms with Crippen molar-refractivity contribution in [3.8, 4) is 0 Å². The standard InChI is InChI=1S/C12H24N2O/c1-4-6-12(7-8-13-9-12)11(15)14-10(3)5-2/h10,13H,4-9H2,1-3H3,(H,14,15). The minimum Gasteiger partial charge on any atom is -0.353 e. The Labute approximate surface area is 93.0 Å². The van der Waals surface area contributed by atoms with Gasteiger partial charge in [0.25, 0.3) is 0 Å². The monoisotopic (exact) mass is 212 g/mol. The van der Waals surface area contributed by atoms with E-state index in [0.29, 0.717) is 6.04 Å². The van der Waals surface area contributed by atoms with Crippen LogP contribution in [0.4, 0.5) is 0 Å². The summed E-state index contributed by atoms with van der Waals surface area (Å²) in [6.07, 6.45) is 4.07. The average Bonchev–Trinajstić information content (AvgIpc) is 2.68. The molecule has 88 valence electrons. The third-order valence-electron chi connectivity index (χ3n) is 3.44. The number of nitrogens with one attached hydrogen (secondary N) is 2. The van der Waals surface area contributed by atoms with Crippen LogP contribution in [0.15, 0.2) is 0 Å². The first-order valence-corrected chi connectivity index (χ1v) is 6.16. The molecule has 0 aromatic heterocycles. The molecule has 2 N–H and O–H groups in total. The predicted molar refractivity (Wildman–Crippen MR) is 62.7 cm³/mol. The number of amides is 1. The second kappa shape index (κ2) is 5.50. The molecule has 2 atom stereocenters. The van der Waals surface area contributed by atoms with Crippen molar-refractivity contribution in [1.29, 1.82) is 0 Å². The van der Waals surface area contributed by atoms with Gasteiger partial charge >= 0.3 is 0 Å². The maximum Gasteiger partial charge on any atom is 0.227 e. The maximum atomic E-state index is 12.2. The van der Waals surface area contributed by atoms with Crippen LogP contribution in [0.25, 0.3) is 0 Å². The second-order valence-corrected chi connectivity index (χ2v) is 4.74. The van der Waals surface area contributed by atoms with Gasteiger partial charge in [-0.15, -0.1) is 0 Å². The fourth-order valence-corrected chi connectivity index (χ4v) is 2.22. The van der Waals surface area contributed by atoms with Gasteiger partial charge in [0.1, 0.15) is 0 Å². The summed E-state index contributed by atoms with van der Waals surface area (Å²) >= 11 is 0. The molecule has 1 saturated heterocycles. The summed E-state index contributed by atoms with van der Waals surface area (Å²) < 4.78 is 0. The first-order chi connectivity index (χ1) is 7.14. The molecule has 0 aliphatic carbocycles. The van der Waals surface area contributed by atoms with E-state index in [9.17, 15) is 4.79 Å². The number of carbonyl (C=O) groups excluding carboxylic acids is 1. The highest BCUT2D eigenvalue weighted by Gasteiger charge is 2.40. The van der Waals surface area contributed by atoms with Gasteiger partial charge in [-0.2, -0.15) is 0 Å². The second-order valence-electron chi connectivity index (χ2n) is 4.74. The van der Waals surface area contributed by atoms with Crippen LogP contribution < -0.4 is 10.6 Å². The van der Waals surface area contributed by atoms with E-state index >= 15 is 0 Å². The Morgan fingerprint density at radius 3 is 2.73 bits per heavy atom. The number of hydrogen-bond donors (Lipinski definition) is 2. The molecule has 0 aromatic rings. The van der Waals surface area contributed by atoms with Crippen LogP contribution in [-0.2, 0) is 4.79 Å². The van der Waals surface area contributed by atoms with Crippen molar-refractivity contribution in [2.24, 2.45) is 5.41 Å². The van der Waals surface area contributed by atoms with Gasteiger partial charge in [-0.1, -0.05) is 20.3 Å². The molecule has 2 unspecified atom stereocenters. The van der Waals surface area contributed by atoms with Crippen molar-refractivity contribution >= 4 is 5.91 Å². The fourth-order valence-electron chi connectivity index (χ4n) is 2.22. The quantitative estimate of drug-likeness (QED) is 0.728. The third-order valence-corrected chi connectivity index (χ3v) is 3.44. The number of rotatable bonds is 5. The van der Waals surface area contributed by atoms with Gasteiger partial charge in [0.05, 0.1) is 5.41 Å². The van der Waals surface area contributed by atoms with Crippen LogP contribution in [0.1, 0.15) is 46.5 Å². The summed E-state index contributed by atoms with van der Waals surface area (Å²) in [5.74, 6) is 0.253. The van der Waals surface area contributed by atoms with Crippen LogP contribution in [0.3, 0.4) is 0 Å². The summed E-state index contributed by atoms with van der Waals surface area (Å²) in [5.41, 5.74) is -0.127. The lowest BCUT2D eigenvalue weighted by Gasteiger charge is -2.28. The van der Waals surface area contributed by atoms with Crippen LogP contribution in [-0.4, -0.2) is 25.0 Å². The molecule has 0 bridgehead atoms. The van der Waals surface area contributed by atoms with Crippen molar-refractivity contribution < 1.29 is 4.79 Å². The van der Waals surface area contributed by atoms with Crippen molar-refractivity contribution in [1.82, 2.24) is 10.6 Å². The smallest absolute Gasteiger partial charge is 0.227 e. The summed E-state index contributed by atoms with van der Waals surface area (Å²) in [6, 6.07) is 0.298. The number of carbonyl (C=O) groups is 1. The highest BCUT2D eigenvalue weighted by Crippen LogP contribution is 2.31. The van der Waals surface area contributed by atoms with Crippen molar-refractivity contribution in [2.45, 2.75) is 52.5 Å². The Bertz CT molecular complexity index is 210. The lowest BCUT2D eigenvalue weighted by molar-refractivity contribution is -0.131. The lowest BCUT2D eigenvalue weighted by Crippen LogP contribution is -2.45. The summed E-state index contributed by atoms with van der Waals surface area (Å²) in [4.78, 5) is 12.2. The van der Waals surface area contributed by atoms with E-state index in [1.807, 2.05) is 0 Å². The summed E-state index contributed by atoms with van der Waals surface area (Å²) in [6.45, 7) is 8.15. The van der Waals surface area contributed by atoms with E-state index in [1.165, 1.54) is 0 Å². The molecule has 3 heteroatoms. The highest BCUT2D eigenvalue weighted by atomic mass is 16.2. The molecule has 3 nitrogen and oxygen atoms in total. The molecule has 0 spiro atoms.